The molecule has 0 bridgehead atoms. The number of rotatable bonds is 6. The van der Waals surface area contributed by atoms with Crippen LogP contribution in [-0.4, -0.2) is 29.8 Å². The molecule has 0 saturated heterocycles. The Kier molecular flexibility index (Phi) is 5.08. The highest BCUT2D eigenvalue weighted by atomic mass is 16.6. The van der Waals surface area contributed by atoms with E-state index < -0.39 is 0 Å². The van der Waals surface area contributed by atoms with Crippen molar-refractivity contribution in [2.24, 2.45) is 5.92 Å². The van der Waals surface area contributed by atoms with Crippen LogP contribution in [0.5, 0.6) is 0 Å². The second-order valence-corrected chi connectivity index (χ2v) is 6.67. The van der Waals surface area contributed by atoms with Crippen LogP contribution < -0.4 is 0 Å². The molecule has 1 aromatic rings. The number of nitrogens with zero attached hydrogens (tertiary/aromatic N) is 1. The number of hydrogen-bond acceptors (Lipinski definition) is 4. The largest absolute Gasteiger partial charge is 0.459 e. The predicted octanol–water partition coefficient (Wildman–Crippen LogP) is 3.76. The van der Waals surface area contributed by atoms with E-state index >= 15 is 0 Å². The Morgan fingerprint density at radius 1 is 1.23 bits per heavy atom. The first-order chi connectivity index (χ1) is 10.8. The van der Waals surface area contributed by atoms with Crippen LogP contribution in [0.4, 0.5) is 0 Å². The van der Waals surface area contributed by atoms with Crippen LogP contribution >= 0.6 is 0 Å². The van der Waals surface area contributed by atoms with E-state index in [2.05, 4.69) is 4.98 Å². The van der Waals surface area contributed by atoms with Crippen LogP contribution in [0.15, 0.2) is 24.5 Å². The zero-order chi connectivity index (χ0) is 15.3. The molecule has 2 saturated carbocycles. The molecule has 120 valence electrons. The van der Waals surface area contributed by atoms with Gasteiger partial charge in [-0.3, -0.25) is 4.98 Å². The van der Waals surface area contributed by atoms with Crippen molar-refractivity contribution in [1.82, 2.24) is 4.98 Å². The van der Waals surface area contributed by atoms with Gasteiger partial charge in [-0.1, -0.05) is 25.7 Å². The standard InChI is InChI=1S/C18H25NO3/c20-17(16-8-5-11-19-12-16)21-14-18(9-3-4-10-18)22-13-15-6-1-2-7-15/h5,8,11-12,15H,1-4,6-7,9-10,13-14H2. The predicted molar refractivity (Wildman–Crippen MR) is 83.6 cm³/mol. The number of aromatic nitrogens is 1. The van der Waals surface area contributed by atoms with Crippen molar-refractivity contribution >= 4 is 5.97 Å². The van der Waals surface area contributed by atoms with E-state index in [-0.39, 0.29) is 11.6 Å². The minimum absolute atomic E-state index is 0.250. The first-order valence-electron chi connectivity index (χ1n) is 8.49. The first-order valence-corrected chi connectivity index (χ1v) is 8.49. The molecule has 0 aliphatic heterocycles. The minimum atomic E-state index is -0.302. The van der Waals surface area contributed by atoms with Gasteiger partial charge in [0.2, 0.25) is 0 Å². The number of esters is 1. The summed E-state index contributed by atoms with van der Waals surface area (Å²) >= 11 is 0. The molecule has 22 heavy (non-hydrogen) atoms. The molecule has 0 amide bonds. The third-order valence-electron chi connectivity index (χ3n) is 4.98. The lowest BCUT2D eigenvalue weighted by atomic mass is 10.0. The van der Waals surface area contributed by atoms with Crippen LogP contribution in [0.1, 0.15) is 61.7 Å². The molecule has 2 aliphatic rings. The second kappa shape index (κ2) is 7.23. The fourth-order valence-corrected chi connectivity index (χ4v) is 3.59. The van der Waals surface area contributed by atoms with Gasteiger partial charge in [-0.2, -0.15) is 0 Å². The molecule has 2 aliphatic carbocycles. The minimum Gasteiger partial charge on any atom is -0.459 e. The van der Waals surface area contributed by atoms with E-state index in [1.165, 1.54) is 25.7 Å². The Balaban J connectivity index is 1.53. The maximum absolute atomic E-state index is 12.1. The maximum atomic E-state index is 12.1. The molecule has 1 heterocycles. The smallest absolute Gasteiger partial charge is 0.339 e. The van der Waals surface area contributed by atoms with Crippen LogP contribution in [0.3, 0.4) is 0 Å². The van der Waals surface area contributed by atoms with Gasteiger partial charge in [0.05, 0.1) is 12.2 Å². The molecular formula is C18H25NO3. The van der Waals surface area contributed by atoms with E-state index in [1.807, 2.05) is 0 Å². The van der Waals surface area contributed by atoms with Crippen molar-refractivity contribution in [2.75, 3.05) is 13.2 Å². The summed E-state index contributed by atoms with van der Waals surface area (Å²) in [6.45, 7) is 1.19. The van der Waals surface area contributed by atoms with Crippen LogP contribution in [0.2, 0.25) is 0 Å². The lowest BCUT2D eigenvalue weighted by molar-refractivity contribution is -0.0912. The normalized spacial score (nSPS) is 21.1. The van der Waals surface area contributed by atoms with Crippen molar-refractivity contribution < 1.29 is 14.3 Å². The van der Waals surface area contributed by atoms with E-state index in [9.17, 15) is 4.79 Å². The third-order valence-corrected chi connectivity index (χ3v) is 4.98. The highest BCUT2D eigenvalue weighted by molar-refractivity contribution is 5.88. The number of ether oxygens (including phenoxy) is 2. The van der Waals surface area contributed by atoms with E-state index in [0.717, 1.165) is 32.3 Å². The zero-order valence-corrected chi connectivity index (χ0v) is 13.1. The third kappa shape index (κ3) is 3.86. The van der Waals surface area contributed by atoms with E-state index in [1.54, 1.807) is 24.5 Å². The molecule has 0 radical (unpaired) electrons. The summed E-state index contributed by atoms with van der Waals surface area (Å²) < 4.78 is 11.8. The van der Waals surface area contributed by atoms with Crippen LogP contribution in [-0.2, 0) is 9.47 Å². The summed E-state index contributed by atoms with van der Waals surface area (Å²) in [4.78, 5) is 16.0. The fourth-order valence-electron chi connectivity index (χ4n) is 3.59. The first kappa shape index (κ1) is 15.5. The lowest BCUT2D eigenvalue weighted by Gasteiger charge is -2.30. The number of pyridine rings is 1. The van der Waals surface area contributed by atoms with Gasteiger partial charge in [-0.25, -0.2) is 4.79 Å². The van der Waals surface area contributed by atoms with Gasteiger partial charge in [0.1, 0.15) is 12.2 Å². The van der Waals surface area contributed by atoms with E-state index in [4.69, 9.17) is 9.47 Å². The Hall–Kier alpha value is -1.42. The summed E-state index contributed by atoms with van der Waals surface area (Å²) in [5, 5.41) is 0. The lowest BCUT2D eigenvalue weighted by Crippen LogP contribution is -2.37. The maximum Gasteiger partial charge on any atom is 0.339 e. The number of hydrogen-bond donors (Lipinski definition) is 0. The summed E-state index contributed by atoms with van der Waals surface area (Å²) in [7, 11) is 0. The SMILES string of the molecule is O=C(OCC1(OCC2CCCC2)CCCC1)c1cccnc1. The summed E-state index contributed by atoms with van der Waals surface area (Å²) in [5.74, 6) is 0.398. The number of carbonyl (C=O) groups is 1. The van der Waals surface area contributed by atoms with Gasteiger partial charge in [0.15, 0.2) is 0 Å². The van der Waals surface area contributed by atoms with Crippen LogP contribution in [0.25, 0.3) is 0 Å². The Morgan fingerprint density at radius 3 is 2.68 bits per heavy atom. The van der Waals surface area contributed by atoms with Crippen LogP contribution in [0, 0.1) is 5.92 Å². The molecule has 0 spiro atoms. The molecule has 1 aromatic heterocycles. The Bertz CT molecular complexity index is 476. The van der Waals surface area contributed by atoms with Gasteiger partial charge in [-0.15, -0.1) is 0 Å². The molecular weight excluding hydrogens is 278 g/mol. The quantitative estimate of drug-likeness (QED) is 0.751. The van der Waals surface area contributed by atoms with Gasteiger partial charge in [-0.05, 0) is 43.7 Å². The molecule has 0 N–H and O–H groups in total. The molecule has 2 fully saturated rings. The average Bonchev–Trinajstić information content (AvgIpc) is 3.24. The van der Waals surface area contributed by atoms with Gasteiger partial charge in [0, 0.05) is 12.4 Å². The summed E-state index contributed by atoms with van der Waals surface area (Å²) in [6.07, 6.45) is 12.7. The molecule has 0 unspecified atom stereocenters. The van der Waals surface area contributed by atoms with Crippen molar-refractivity contribution in [1.29, 1.82) is 0 Å². The Morgan fingerprint density at radius 2 is 2.00 bits per heavy atom. The molecule has 0 aromatic carbocycles. The van der Waals surface area contributed by atoms with Gasteiger partial charge < -0.3 is 9.47 Å². The van der Waals surface area contributed by atoms with E-state index in [0.29, 0.717) is 18.1 Å². The van der Waals surface area contributed by atoms with Gasteiger partial charge in [0.25, 0.3) is 0 Å². The molecule has 4 nitrogen and oxygen atoms in total. The highest BCUT2D eigenvalue weighted by Gasteiger charge is 2.37. The average molecular weight is 303 g/mol. The topological polar surface area (TPSA) is 48.4 Å². The summed E-state index contributed by atoms with van der Waals surface area (Å²) in [5.41, 5.74) is 0.256. The van der Waals surface area contributed by atoms with Crippen molar-refractivity contribution in [2.45, 2.75) is 57.0 Å². The van der Waals surface area contributed by atoms with Crippen molar-refractivity contribution in [3.8, 4) is 0 Å². The van der Waals surface area contributed by atoms with Crippen molar-refractivity contribution in [3.05, 3.63) is 30.1 Å². The molecule has 0 atom stereocenters. The second-order valence-electron chi connectivity index (χ2n) is 6.67. The van der Waals surface area contributed by atoms with Gasteiger partial charge >= 0.3 is 5.97 Å². The fraction of sp³-hybridized carbons (Fsp3) is 0.667. The Labute approximate surface area is 132 Å². The summed E-state index contributed by atoms with van der Waals surface area (Å²) in [6, 6.07) is 3.48. The molecule has 3 rings (SSSR count). The number of carbonyl (C=O) groups excluding carboxylic acids is 1. The molecule has 4 heteroatoms. The monoisotopic (exact) mass is 303 g/mol. The van der Waals surface area contributed by atoms with Crippen molar-refractivity contribution in [3.63, 3.8) is 0 Å². The zero-order valence-electron chi connectivity index (χ0n) is 13.1. The highest BCUT2D eigenvalue weighted by Crippen LogP contribution is 2.35.